The van der Waals surface area contributed by atoms with Crippen LogP contribution in [0.2, 0.25) is 0 Å². The Morgan fingerprint density at radius 1 is 1.11 bits per heavy atom. The summed E-state index contributed by atoms with van der Waals surface area (Å²) in [6, 6.07) is 12.9. The van der Waals surface area contributed by atoms with Gasteiger partial charge in [0.1, 0.15) is 5.82 Å². The van der Waals surface area contributed by atoms with Gasteiger partial charge in [-0.15, -0.1) is 0 Å². The van der Waals surface area contributed by atoms with Crippen molar-refractivity contribution in [2.24, 2.45) is 5.73 Å². The van der Waals surface area contributed by atoms with Crippen LogP contribution in [0.4, 0.5) is 10.1 Å². The Kier molecular flexibility index (Phi) is 3.92. The van der Waals surface area contributed by atoms with Crippen LogP contribution in [0, 0.1) is 5.82 Å². The molecule has 0 aromatic heterocycles. The number of nitrogens with two attached hydrogens (primary N) is 1. The number of anilines is 1. The van der Waals surface area contributed by atoms with E-state index in [-0.39, 0.29) is 11.7 Å². The molecular formula is C15H15FN2O. The van der Waals surface area contributed by atoms with E-state index in [0.29, 0.717) is 17.8 Å². The maximum absolute atomic E-state index is 12.8. The molecule has 2 rings (SSSR count). The molecule has 0 saturated heterocycles. The van der Waals surface area contributed by atoms with Crippen molar-refractivity contribution in [1.29, 1.82) is 0 Å². The van der Waals surface area contributed by atoms with Crippen molar-refractivity contribution in [3.63, 3.8) is 0 Å². The predicted octanol–water partition coefficient (Wildman–Crippen LogP) is 2.56. The highest BCUT2D eigenvalue weighted by atomic mass is 19.1. The molecule has 1 amide bonds. The van der Waals surface area contributed by atoms with Gasteiger partial charge in [0, 0.05) is 24.8 Å². The van der Waals surface area contributed by atoms with Crippen LogP contribution in [0.3, 0.4) is 0 Å². The number of benzene rings is 2. The Morgan fingerprint density at radius 3 is 2.21 bits per heavy atom. The number of carbonyl (C=O) groups is 1. The topological polar surface area (TPSA) is 46.3 Å². The first kappa shape index (κ1) is 13.2. The molecule has 98 valence electrons. The fourth-order valence-corrected chi connectivity index (χ4v) is 1.76. The van der Waals surface area contributed by atoms with Gasteiger partial charge in [0.05, 0.1) is 0 Å². The zero-order valence-corrected chi connectivity index (χ0v) is 10.6. The number of hydrogen-bond donors (Lipinski definition) is 1. The molecule has 0 aliphatic rings. The number of nitrogens with zero attached hydrogens (tertiary/aromatic N) is 1. The second kappa shape index (κ2) is 5.63. The quantitative estimate of drug-likeness (QED) is 0.919. The van der Waals surface area contributed by atoms with Crippen molar-refractivity contribution in [1.82, 2.24) is 0 Å². The molecule has 0 aliphatic carbocycles. The van der Waals surface area contributed by atoms with Crippen LogP contribution < -0.4 is 10.6 Å². The Balaban J connectivity index is 2.20. The van der Waals surface area contributed by atoms with Crippen LogP contribution in [0.5, 0.6) is 0 Å². The number of amides is 1. The molecular weight excluding hydrogens is 243 g/mol. The molecule has 0 saturated carbocycles. The van der Waals surface area contributed by atoms with Crippen LogP contribution in [0.1, 0.15) is 15.9 Å². The predicted molar refractivity (Wildman–Crippen MR) is 73.5 cm³/mol. The highest BCUT2D eigenvalue weighted by Gasteiger charge is 2.13. The highest BCUT2D eigenvalue weighted by molar-refractivity contribution is 6.05. The van der Waals surface area contributed by atoms with Crippen LogP contribution in [-0.4, -0.2) is 13.0 Å². The van der Waals surface area contributed by atoms with Gasteiger partial charge in [-0.25, -0.2) is 4.39 Å². The molecule has 2 N–H and O–H groups in total. The summed E-state index contributed by atoms with van der Waals surface area (Å²) in [5.41, 5.74) is 7.70. The lowest BCUT2D eigenvalue weighted by Gasteiger charge is -2.17. The SMILES string of the molecule is CN(C(=O)c1ccc(CN)cc1)c1ccc(F)cc1. The second-order valence-electron chi connectivity index (χ2n) is 4.24. The van der Waals surface area contributed by atoms with E-state index >= 15 is 0 Å². The summed E-state index contributed by atoms with van der Waals surface area (Å²) in [5, 5.41) is 0. The van der Waals surface area contributed by atoms with Gasteiger partial charge >= 0.3 is 0 Å². The summed E-state index contributed by atoms with van der Waals surface area (Å²) < 4.78 is 12.8. The third-order valence-electron chi connectivity index (χ3n) is 2.96. The second-order valence-corrected chi connectivity index (χ2v) is 4.24. The molecule has 19 heavy (non-hydrogen) atoms. The number of rotatable bonds is 3. The third-order valence-corrected chi connectivity index (χ3v) is 2.96. The lowest BCUT2D eigenvalue weighted by Crippen LogP contribution is -2.26. The smallest absolute Gasteiger partial charge is 0.258 e. The minimum Gasteiger partial charge on any atom is -0.326 e. The molecule has 0 bridgehead atoms. The molecule has 2 aromatic rings. The van der Waals surface area contributed by atoms with Gasteiger partial charge in [-0.05, 0) is 42.0 Å². The summed E-state index contributed by atoms with van der Waals surface area (Å²) in [6.45, 7) is 0.447. The zero-order chi connectivity index (χ0) is 13.8. The number of carbonyl (C=O) groups excluding carboxylic acids is 1. The van der Waals surface area contributed by atoms with Crippen molar-refractivity contribution < 1.29 is 9.18 Å². The Bertz CT molecular complexity index is 564. The first-order chi connectivity index (χ1) is 9.11. The fraction of sp³-hybridized carbons (Fsp3) is 0.133. The Morgan fingerprint density at radius 2 is 1.68 bits per heavy atom. The van der Waals surface area contributed by atoms with Crippen LogP contribution in [-0.2, 0) is 6.54 Å². The average molecular weight is 258 g/mol. The van der Waals surface area contributed by atoms with E-state index < -0.39 is 0 Å². The first-order valence-corrected chi connectivity index (χ1v) is 5.94. The fourth-order valence-electron chi connectivity index (χ4n) is 1.76. The standard InChI is InChI=1S/C15H15FN2O/c1-18(14-8-6-13(16)7-9-14)15(19)12-4-2-11(10-17)3-5-12/h2-9H,10,17H2,1H3. The van der Waals surface area contributed by atoms with Crippen LogP contribution in [0.25, 0.3) is 0 Å². The monoisotopic (exact) mass is 258 g/mol. The average Bonchev–Trinajstić information content (AvgIpc) is 2.46. The van der Waals surface area contributed by atoms with Crippen LogP contribution in [0.15, 0.2) is 48.5 Å². The summed E-state index contributed by atoms with van der Waals surface area (Å²) >= 11 is 0. The summed E-state index contributed by atoms with van der Waals surface area (Å²) in [4.78, 5) is 13.7. The maximum Gasteiger partial charge on any atom is 0.258 e. The molecule has 3 nitrogen and oxygen atoms in total. The zero-order valence-electron chi connectivity index (χ0n) is 10.6. The summed E-state index contributed by atoms with van der Waals surface area (Å²) in [5.74, 6) is -0.466. The van der Waals surface area contributed by atoms with Gasteiger partial charge in [0.15, 0.2) is 0 Å². The van der Waals surface area contributed by atoms with E-state index in [9.17, 15) is 9.18 Å². The van der Waals surface area contributed by atoms with Gasteiger partial charge in [0.2, 0.25) is 0 Å². The molecule has 0 aliphatic heterocycles. The van der Waals surface area contributed by atoms with Crippen molar-refractivity contribution in [2.75, 3.05) is 11.9 Å². The van der Waals surface area contributed by atoms with E-state index in [1.807, 2.05) is 12.1 Å². The first-order valence-electron chi connectivity index (χ1n) is 5.94. The van der Waals surface area contributed by atoms with E-state index in [4.69, 9.17) is 5.73 Å². The molecule has 0 heterocycles. The molecule has 4 heteroatoms. The molecule has 2 aromatic carbocycles. The van der Waals surface area contributed by atoms with Gasteiger partial charge in [-0.2, -0.15) is 0 Å². The molecule has 0 atom stereocenters. The molecule has 0 unspecified atom stereocenters. The van der Waals surface area contributed by atoms with Crippen molar-refractivity contribution in [3.05, 3.63) is 65.5 Å². The minimum atomic E-state index is -0.322. The molecule has 0 spiro atoms. The van der Waals surface area contributed by atoms with E-state index in [0.717, 1.165) is 5.56 Å². The minimum absolute atomic E-state index is 0.143. The summed E-state index contributed by atoms with van der Waals surface area (Å²) in [6.07, 6.45) is 0. The Labute approximate surface area is 111 Å². The van der Waals surface area contributed by atoms with Gasteiger partial charge in [-0.1, -0.05) is 12.1 Å². The van der Waals surface area contributed by atoms with Crippen molar-refractivity contribution in [2.45, 2.75) is 6.54 Å². The summed E-state index contributed by atoms with van der Waals surface area (Å²) in [7, 11) is 1.66. The highest BCUT2D eigenvalue weighted by Crippen LogP contribution is 2.16. The van der Waals surface area contributed by atoms with E-state index in [1.165, 1.54) is 17.0 Å². The molecule has 0 fully saturated rings. The van der Waals surface area contributed by atoms with Crippen molar-refractivity contribution >= 4 is 11.6 Å². The normalized spacial score (nSPS) is 10.3. The third kappa shape index (κ3) is 2.98. The van der Waals surface area contributed by atoms with E-state index in [1.54, 1.807) is 31.3 Å². The number of halogens is 1. The lowest BCUT2D eigenvalue weighted by molar-refractivity contribution is 0.0993. The van der Waals surface area contributed by atoms with Crippen LogP contribution >= 0.6 is 0 Å². The largest absolute Gasteiger partial charge is 0.326 e. The van der Waals surface area contributed by atoms with Gasteiger partial charge in [0.25, 0.3) is 5.91 Å². The van der Waals surface area contributed by atoms with Gasteiger partial charge in [-0.3, -0.25) is 4.79 Å². The maximum atomic E-state index is 12.8. The van der Waals surface area contributed by atoms with Crippen molar-refractivity contribution in [3.8, 4) is 0 Å². The molecule has 0 radical (unpaired) electrons. The lowest BCUT2D eigenvalue weighted by atomic mass is 10.1. The number of hydrogen-bond acceptors (Lipinski definition) is 2. The Hall–Kier alpha value is -2.20. The van der Waals surface area contributed by atoms with E-state index in [2.05, 4.69) is 0 Å². The van der Waals surface area contributed by atoms with Gasteiger partial charge < -0.3 is 10.6 Å².